The van der Waals surface area contributed by atoms with E-state index in [1.807, 2.05) is 0 Å². The van der Waals surface area contributed by atoms with Gasteiger partial charge in [-0.15, -0.1) is 0 Å². The van der Waals surface area contributed by atoms with Gasteiger partial charge in [0.25, 0.3) is 0 Å². The summed E-state index contributed by atoms with van der Waals surface area (Å²) in [5.74, 6) is 3.31. The molecule has 172 valence electrons. The van der Waals surface area contributed by atoms with Crippen molar-refractivity contribution in [1.29, 1.82) is 0 Å². The molecule has 0 N–H and O–H groups in total. The van der Waals surface area contributed by atoms with Crippen LogP contribution in [0.4, 0.5) is 0 Å². The van der Waals surface area contributed by atoms with E-state index in [-0.39, 0.29) is 17.6 Å². The molecule has 2 saturated heterocycles. The Morgan fingerprint density at radius 1 is 0.781 bits per heavy atom. The fourth-order valence-corrected chi connectivity index (χ4v) is 5.68. The molecule has 0 radical (unpaired) electrons. The maximum Gasteiger partial charge on any atom is 0.122 e. The topological polar surface area (TPSA) is 43.5 Å². The van der Waals surface area contributed by atoms with E-state index in [0.29, 0.717) is 25.0 Å². The second kappa shape index (κ2) is 8.72. The fourth-order valence-electron chi connectivity index (χ4n) is 5.68. The zero-order valence-corrected chi connectivity index (χ0v) is 19.9. The Morgan fingerprint density at radius 3 is 1.59 bits per heavy atom. The van der Waals surface area contributed by atoms with Crippen LogP contribution in [0, 0.1) is 25.7 Å². The van der Waals surface area contributed by atoms with Crippen molar-refractivity contribution in [3.8, 4) is 11.5 Å². The molecule has 1 aliphatic carbocycles. The maximum atomic E-state index is 6.02. The zero-order valence-electron chi connectivity index (χ0n) is 19.9. The first kappa shape index (κ1) is 21.8. The lowest BCUT2D eigenvalue weighted by Crippen LogP contribution is -2.37. The van der Waals surface area contributed by atoms with Gasteiger partial charge in [0.05, 0.1) is 13.2 Å². The Morgan fingerprint density at radius 2 is 1.22 bits per heavy atom. The summed E-state index contributed by atoms with van der Waals surface area (Å²) in [5, 5.41) is 0. The SMILES string of the molecule is Cc1cc(C2(c3ccc(OCC4CO4)c(C)c3)CC(C)CC(C)C2)ccc1OCC1CO1. The first-order valence-electron chi connectivity index (χ1n) is 12.1. The summed E-state index contributed by atoms with van der Waals surface area (Å²) in [4.78, 5) is 0. The van der Waals surface area contributed by atoms with Crippen molar-refractivity contribution in [2.45, 2.75) is 64.6 Å². The molecule has 3 fully saturated rings. The number of ether oxygens (including phenoxy) is 4. The van der Waals surface area contributed by atoms with Crippen molar-refractivity contribution in [1.82, 2.24) is 0 Å². The van der Waals surface area contributed by atoms with Crippen molar-refractivity contribution in [3.05, 3.63) is 58.7 Å². The second-order valence-corrected chi connectivity index (χ2v) is 10.4. The van der Waals surface area contributed by atoms with Gasteiger partial charge in [-0.25, -0.2) is 0 Å². The molecule has 2 aromatic rings. The molecule has 0 bridgehead atoms. The minimum Gasteiger partial charge on any atom is -0.491 e. The summed E-state index contributed by atoms with van der Waals surface area (Å²) in [6.45, 7) is 12.1. The molecule has 1 saturated carbocycles. The van der Waals surface area contributed by atoms with Gasteiger partial charge in [-0.2, -0.15) is 0 Å². The van der Waals surface area contributed by atoms with Gasteiger partial charge in [0.1, 0.15) is 36.9 Å². The molecular formula is C28H36O4. The Kier molecular flexibility index (Phi) is 5.94. The molecule has 0 spiro atoms. The largest absolute Gasteiger partial charge is 0.491 e. The summed E-state index contributed by atoms with van der Waals surface area (Å²) in [6.07, 6.45) is 4.18. The van der Waals surface area contributed by atoms with Crippen LogP contribution in [0.1, 0.15) is 55.4 Å². The van der Waals surface area contributed by atoms with E-state index in [1.165, 1.54) is 41.5 Å². The van der Waals surface area contributed by atoms with Crippen LogP contribution >= 0.6 is 0 Å². The van der Waals surface area contributed by atoms with Crippen LogP contribution in [0.15, 0.2) is 36.4 Å². The minimum atomic E-state index is 0.0167. The predicted octanol–water partition coefficient (Wildman–Crippen LogP) is 5.60. The number of epoxide rings is 2. The van der Waals surface area contributed by atoms with E-state index in [4.69, 9.17) is 18.9 Å². The fraction of sp³-hybridized carbons (Fsp3) is 0.571. The summed E-state index contributed by atoms with van der Waals surface area (Å²) in [5.41, 5.74) is 5.23. The van der Waals surface area contributed by atoms with E-state index in [0.717, 1.165) is 24.7 Å². The van der Waals surface area contributed by atoms with Crippen molar-refractivity contribution in [3.63, 3.8) is 0 Å². The van der Waals surface area contributed by atoms with Gasteiger partial charge in [0.2, 0.25) is 0 Å². The number of hydrogen-bond acceptors (Lipinski definition) is 4. The minimum absolute atomic E-state index is 0.0167. The molecule has 5 rings (SSSR count). The van der Waals surface area contributed by atoms with Gasteiger partial charge in [0, 0.05) is 5.41 Å². The highest BCUT2D eigenvalue weighted by atomic mass is 16.6. The Hall–Kier alpha value is -2.04. The van der Waals surface area contributed by atoms with Crippen LogP contribution in [-0.2, 0) is 14.9 Å². The highest BCUT2D eigenvalue weighted by molar-refractivity contribution is 5.48. The standard InChI is InChI=1S/C28H36O4/c1-18-9-19(2)13-28(12-18,22-5-7-26(20(3)10-22)31-16-24-14-29-24)23-6-8-27(21(4)11-23)32-17-25-15-30-25/h5-8,10-11,18-19,24-25H,9,12-17H2,1-4H3. The summed E-state index contributed by atoms with van der Waals surface area (Å²) >= 11 is 0. The van der Waals surface area contributed by atoms with Crippen molar-refractivity contribution in [2.24, 2.45) is 11.8 Å². The average molecular weight is 437 g/mol. The third kappa shape index (κ3) is 4.67. The summed E-state index contributed by atoms with van der Waals surface area (Å²) < 4.78 is 22.6. The molecule has 4 atom stereocenters. The van der Waals surface area contributed by atoms with Gasteiger partial charge in [0.15, 0.2) is 0 Å². The van der Waals surface area contributed by atoms with E-state index in [2.05, 4.69) is 64.1 Å². The monoisotopic (exact) mass is 436 g/mol. The molecule has 0 aromatic heterocycles. The number of hydrogen-bond donors (Lipinski definition) is 0. The van der Waals surface area contributed by atoms with E-state index in [9.17, 15) is 0 Å². The lowest BCUT2D eigenvalue weighted by atomic mass is 9.59. The summed E-state index contributed by atoms with van der Waals surface area (Å²) in [7, 11) is 0. The van der Waals surface area contributed by atoms with Gasteiger partial charge in [-0.3, -0.25) is 0 Å². The average Bonchev–Trinajstić information content (AvgIpc) is 3.66. The maximum absolute atomic E-state index is 6.02. The molecule has 4 nitrogen and oxygen atoms in total. The van der Waals surface area contributed by atoms with Crippen LogP contribution < -0.4 is 9.47 Å². The molecule has 2 aliphatic heterocycles. The molecule has 4 heteroatoms. The van der Waals surface area contributed by atoms with Crippen LogP contribution in [0.2, 0.25) is 0 Å². The highest BCUT2D eigenvalue weighted by Gasteiger charge is 2.41. The van der Waals surface area contributed by atoms with Gasteiger partial charge in [-0.1, -0.05) is 38.1 Å². The lowest BCUT2D eigenvalue weighted by molar-refractivity contribution is 0.210. The van der Waals surface area contributed by atoms with Crippen molar-refractivity contribution in [2.75, 3.05) is 26.4 Å². The number of aryl methyl sites for hydroxylation is 2. The van der Waals surface area contributed by atoms with Gasteiger partial charge < -0.3 is 18.9 Å². The van der Waals surface area contributed by atoms with Crippen molar-refractivity contribution < 1.29 is 18.9 Å². The third-order valence-corrected chi connectivity index (χ3v) is 7.31. The van der Waals surface area contributed by atoms with Crippen molar-refractivity contribution >= 4 is 0 Å². The number of benzene rings is 2. The molecule has 2 aromatic carbocycles. The normalized spacial score (nSPS) is 31.2. The molecule has 3 aliphatic rings. The van der Waals surface area contributed by atoms with E-state index >= 15 is 0 Å². The zero-order chi connectivity index (χ0) is 22.3. The molecule has 0 amide bonds. The first-order chi connectivity index (χ1) is 15.4. The Balaban J connectivity index is 1.47. The predicted molar refractivity (Wildman–Crippen MR) is 126 cm³/mol. The van der Waals surface area contributed by atoms with E-state index < -0.39 is 0 Å². The molecule has 32 heavy (non-hydrogen) atoms. The van der Waals surface area contributed by atoms with Crippen LogP contribution in [-0.4, -0.2) is 38.6 Å². The van der Waals surface area contributed by atoms with Gasteiger partial charge >= 0.3 is 0 Å². The molecule has 2 heterocycles. The third-order valence-electron chi connectivity index (χ3n) is 7.31. The molecule has 4 unspecified atom stereocenters. The molecular weight excluding hydrogens is 400 g/mol. The lowest BCUT2D eigenvalue weighted by Gasteiger charge is -2.44. The smallest absolute Gasteiger partial charge is 0.122 e. The Labute approximate surface area is 192 Å². The number of rotatable bonds is 8. The van der Waals surface area contributed by atoms with Crippen LogP contribution in [0.3, 0.4) is 0 Å². The quantitative estimate of drug-likeness (QED) is 0.505. The van der Waals surface area contributed by atoms with E-state index in [1.54, 1.807) is 0 Å². The first-order valence-corrected chi connectivity index (χ1v) is 12.1. The second-order valence-electron chi connectivity index (χ2n) is 10.4. The van der Waals surface area contributed by atoms with Gasteiger partial charge in [-0.05, 0) is 79.3 Å². The van der Waals surface area contributed by atoms with Crippen LogP contribution in [0.25, 0.3) is 0 Å². The Bertz CT molecular complexity index is 882. The van der Waals surface area contributed by atoms with Crippen LogP contribution in [0.5, 0.6) is 11.5 Å². The highest BCUT2D eigenvalue weighted by Crippen LogP contribution is 2.50. The summed E-state index contributed by atoms with van der Waals surface area (Å²) in [6, 6.07) is 13.6.